The van der Waals surface area contributed by atoms with E-state index in [-0.39, 0.29) is 4.65 Å². The number of nitrogens with zero attached hydrogens (tertiary/aromatic N) is 1. The number of quaternary nitrogens is 1. The Balaban J connectivity index is 3.17. The van der Waals surface area contributed by atoms with E-state index in [1.54, 1.807) is 7.05 Å². The lowest BCUT2D eigenvalue weighted by atomic mass is 10.0. The highest BCUT2D eigenvalue weighted by Gasteiger charge is 2.08. The Bertz CT molecular complexity index is 219. The maximum Gasteiger partial charge on any atom is 0.0794 e. The maximum atomic E-state index is 12.0. The number of hydroxylamine groups is 3. The fraction of sp³-hybridized carbons (Fsp3) is 1.00. The zero-order valence-corrected chi connectivity index (χ0v) is 15.5. The van der Waals surface area contributed by atoms with Gasteiger partial charge in [0.1, 0.15) is 0 Å². The topological polar surface area (TPSA) is 49.1 Å². The molecule has 0 aromatic heterocycles. The van der Waals surface area contributed by atoms with Gasteiger partial charge < -0.3 is 15.6 Å². The van der Waals surface area contributed by atoms with Crippen LogP contribution in [0.1, 0.15) is 96.8 Å². The third kappa shape index (κ3) is 16.3. The minimum Gasteiger partial charge on any atom is -0.633 e. The molecule has 22 heavy (non-hydrogen) atoms. The van der Waals surface area contributed by atoms with Gasteiger partial charge in [-0.3, -0.25) is 0 Å². The summed E-state index contributed by atoms with van der Waals surface area (Å²) in [6.07, 6.45) is 18.5. The van der Waals surface area contributed by atoms with Crippen LogP contribution in [-0.4, -0.2) is 31.3 Å². The van der Waals surface area contributed by atoms with Crippen molar-refractivity contribution in [3.8, 4) is 0 Å². The molecule has 0 aliphatic rings. The van der Waals surface area contributed by atoms with Crippen molar-refractivity contribution >= 4 is 0 Å². The van der Waals surface area contributed by atoms with Crippen molar-refractivity contribution in [3.05, 3.63) is 5.21 Å². The summed E-state index contributed by atoms with van der Waals surface area (Å²) < 4.78 is -0.102. The molecule has 0 radical (unpaired) electrons. The molecule has 0 rings (SSSR count). The van der Waals surface area contributed by atoms with Crippen molar-refractivity contribution in [2.24, 2.45) is 5.73 Å². The van der Waals surface area contributed by atoms with Gasteiger partial charge in [0.25, 0.3) is 0 Å². The molecule has 0 aliphatic carbocycles. The molecule has 1 atom stereocenters. The second-order valence-electron chi connectivity index (χ2n) is 7.13. The lowest BCUT2D eigenvalue weighted by molar-refractivity contribution is -0.861. The predicted octanol–water partition coefficient (Wildman–Crippen LogP) is 5.37. The smallest absolute Gasteiger partial charge is 0.0794 e. The SMILES string of the molecule is CCCCCCCCCCCCCCC[N+](C)([O-])CCCN. The molecule has 0 fully saturated rings. The Morgan fingerprint density at radius 2 is 1.00 bits per heavy atom. The van der Waals surface area contributed by atoms with E-state index >= 15 is 0 Å². The van der Waals surface area contributed by atoms with Gasteiger partial charge in [0.15, 0.2) is 0 Å². The first-order valence-corrected chi connectivity index (χ1v) is 9.88. The Labute approximate surface area is 139 Å². The fourth-order valence-corrected chi connectivity index (χ4v) is 3.00. The van der Waals surface area contributed by atoms with Gasteiger partial charge in [-0.25, -0.2) is 0 Å². The van der Waals surface area contributed by atoms with Crippen molar-refractivity contribution in [2.45, 2.75) is 96.8 Å². The van der Waals surface area contributed by atoms with E-state index in [1.807, 2.05) is 0 Å². The Hall–Kier alpha value is -0.120. The summed E-state index contributed by atoms with van der Waals surface area (Å²) in [7, 11) is 1.79. The minimum atomic E-state index is -0.102. The normalized spacial score (nSPS) is 14.2. The van der Waals surface area contributed by atoms with Crippen molar-refractivity contribution in [3.63, 3.8) is 0 Å². The molecular formula is C19H42N2O. The quantitative estimate of drug-likeness (QED) is 0.223. The summed E-state index contributed by atoms with van der Waals surface area (Å²) in [5, 5.41) is 12.0. The molecule has 2 N–H and O–H groups in total. The summed E-state index contributed by atoms with van der Waals surface area (Å²) in [6.45, 7) is 4.35. The first-order chi connectivity index (χ1) is 10.6. The van der Waals surface area contributed by atoms with Gasteiger partial charge in [0.05, 0.1) is 20.1 Å². The molecule has 3 nitrogen and oxygen atoms in total. The zero-order valence-electron chi connectivity index (χ0n) is 15.5. The van der Waals surface area contributed by atoms with Crippen LogP contribution in [0.4, 0.5) is 0 Å². The van der Waals surface area contributed by atoms with Crippen molar-refractivity contribution in [1.29, 1.82) is 0 Å². The van der Waals surface area contributed by atoms with Gasteiger partial charge in [0.2, 0.25) is 0 Å². The number of rotatable bonds is 17. The van der Waals surface area contributed by atoms with Gasteiger partial charge >= 0.3 is 0 Å². The van der Waals surface area contributed by atoms with E-state index in [9.17, 15) is 5.21 Å². The standard InChI is InChI=1S/C19H42N2O/c1-3-4-5-6-7-8-9-10-11-12-13-14-15-18-21(2,22)19-16-17-20/h3-20H2,1-2H3. The van der Waals surface area contributed by atoms with E-state index in [4.69, 9.17) is 5.73 Å². The van der Waals surface area contributed by atoms with Crippen LogP contribution < -0.4 is 5.73 Å². The van der Waals surface area contributed by atoms with Gasteiger partial charge in [-0.2, -0.15) is 0 Å². The summed E-state index contributed by atoms with van der Waals surface area (Å²) in [5.74, 6) is 0. The highest BCUT2D eigenvalue weighted by Crippen LogP contribution is 2.13. The average molecular weight is 315 g/mol. The van der Waals surface area contributed by atoms with Crippen molar-refractivity contribution in [1.82, 2.24) is 0 Å². The van der Waals surface area contributed by atoms with Gasteiger partial charge in [-0.1, -0.05) is 77.6 Å². The fourth-order valence-electron chi connectivity index (χ4n) is 3.00. The van der Waals surface area contributed by atoms with E-state index in [1.165, 1.54) is 77.0 Å². The average Bonchev–Trinajstić information content (AvgIpc) is 2.50. The van der Waals surface area contributed by atoms with E-state index < -0.39 is 0 Å². The Kier molecular flexibility index (Phi) is 15.7. The summed E-state index contributed by atoms with van der Waals surface area (Å²) in [4.78, 5) is 0. The largest absolute Gasteiger partial charge is 0.633 e. The molecule has 3 heteroatoms. The first-order valence-electron chi connectivity index (χ1n) is 9.88. The lowest BCUT2D eigenvalue weighted by Crippen LogP contribution is -2.40. The molecule has 0 aromatic rings. The van der Waals surface area contributed by atoms with Crippen LogP contribution in [0.15, 0.2) is 0 Å². The van der Waals surface area contributed by atoms with Crippen LogP contribution in [0, 0.1) is 5.21 Å². The molecular weight excluding hydrogens is 272 g/mol. The molecule has 0 amide bonds. The monoisotopic (exact) mass is 314 g/mol. The van der Waals surface area contributed by atoms with Crippen molar-refractivity contribution < 1.29 is 4.65 Å². The molecule has 0 aromatic carbocycles. The second-order valence-corrected chi connectivity index (χ2v) is 7.13. The Morgan fingerprint density at radius 1 is 0.636 bits per heavy atom. The van der Waals surface area contributed by atoms with E-state index in [2.05, 4.69) is 6.92 Å². The summed E-state index contributed by atoms with van der Waals surface area (Å²) >= 11 is 0. The molecule has 134 valence electrons. The molecule has 0 saturated heterocycles. The van der Waals surface area contributed by atoms with Gasteiger partial charge in [-0.05, 0) is 19.4 Å². The molecule has 0 aliphatic heterocycles. The molecule has 0 spiro atoms. The van der Waals surface area contributed by atoms with E-state index in [0.29, 0.717) is 13.1 Å². The predicted molar refractivity (Wildman–Crippen MR) is 98.7 cm³/mol. The third-order valence-corrected chi connectivity index (χ3v) is 4.57. The lowest BCUT2D eigenvalue weighted by Gasteiger charge is -2.38. The molecule has 1 unspecified atom stereocenters. The van der Waals surface area contributed by atoms with Crippen LogP contribution in [0.2, 0.25) is 0 Å². The third-order valence-electron chi connectivity index (χ3n) is 4.57. The highest BCUT2D eigenvalue weighted by atomic mass is 16.5. The first kappa shape index (κ1) is 21.9. The molecule has 0 bridgehead atoms. The van der Waals surface area contributed by atoms with Gasteiger partial charge in [0, 0.05) is 6.42 Å². The second kappa shape index (κ2) is 15.8. The molecule has 0 saturated carbocycles. The number of unbranched alkanes of at least 4 members (excludes halogenated alkanes) is 12. The summed E-state index contributed by atoms with van der Waals surface area (Å²) in [5.41, 5.74) is 5.46. The highest BCUT2D eigenvalue weighted by molar-refractivity contribution is 4.50. The number of nitrogens with two attached hydrogens (primary N) is 1. The van der Waals surface area contributed by atoms with Crippen LogP contribution >= 0.6 is 0 Å². The van der Waals surface area contributed by atoms with Crippen LogP contribution in [0.25, 0.3) is 0 Å². The Morgan fingerprint density at radius 3 is 1.41 bits per heavy atom. The summed E-state index contributed by atoms with van der Waals surface area (Å²) in [6, 6.07) is 0. The van der Waals surface area contributed by atoms with E-state index in [0.717, 1.165) is 19.4 Å². The van der Waals surface area contributed by atoms with Gasteiger partial charge in [-0.15, -0.1) is 0 Å². The van der Waals surface area contributed by atoms with Crippen LogP contribution in [-0.2, 0) is 0 Å². The number of hydrogen-bond donors (Lipinski definition) is 1. The molecule has 0 heterocycles. The maximum absolute atomic E-state index is 12.0. The minimum absolute atomic E-state index is 0.102. The van der Waals surface area contributed by atoms with Crippen LogP contribution in [0.3, 0.4) is 0 Å². The van der Waals surface area contributed by atoms with Crippen molar-refractivity contribution in [2.75, 3.05) is 26.7 Å². The van der Waals surface area contributed by atoms with Crippen LogP contribution in [0.5, 0.6) is 0 Å². The number of hydrogen-bond acceptors (Lipinski definition) is 2. The zero-order chi connectivity index (χ0) is 16.5.